The van der Waals surface area contributed by atoms with E-state index in [2.05, 4.69) is 13.8 Å². The number of hydrogen-bond donors (Lipinski definition) is 0. The molecule has 0 radical (unpaired) electrons. The van der Waals surface area contributed by atoms with Crippen molar-refractivity contribution in [2.45, 2.75) is 104 Å². The van der Waals surface area contributed by atoms with Crippen LogP contribution in [0, 0.1) is 0 Å². The lowest BCUT2D eigenvalue weighted by molar-refractivity contribution is -0.812. The van der Waals surface area contributed by atoms with E-state index in [1.807, 2.05) is 14.1 Å². The minimum Gasteiger partial charge on any atom is -0.266 e. The fourth-order valence-electron chi connectivity index (χ4n) is 2.77. The summed E-state index contributed by atoms with van der Waals surface area (Å²) in [6.07, 6.45) is 18.5. The number of carbonyl (C=O) groups is 1. The summed E-state index contributed by atoms with van der Waals surface area (Å²) in [5.41, 5.74) is 0. The van der Waals surface area contributed by atoms with Gasteiger partial charge in [-0.15, -0.1) is 0 Å². The van der Waals surface area contributed by atoms with E-state index in [1.54, 1.807) is 0 Å². The Morgan fingerprint density at radius 1 is 0.636 bits per heavy atom. The summed E-state index contributed by atoms with van der Waals surface area (Å²) < 4.78 is 0.540. The first-order valence-electron chi connectivity index (χ1n) is 9.91. The fourth-order valence-corrected chi connectivity index (χ4v) is 2.77. The Balaban J connectivity index is 3.23. The second-order valence-electron chi connectivity index (χ2n) is 7.39. The summed E-state index contributed by atoms with van der Waals surface area (Å²) in [5, 5.41) is 0. The van der Waals surface area contributed by atoms with Gasteiger partial charge in [-0.05, 0) is 13.3 Å². The third-order valence-corrected chi connectivity index (χ3v) is 4.96. The number of unbranched alkanes of at least 4 members (excludes halogenated alkanes) is 12. The molecular weight excluding hydrogens is 270 g/mol. The summed E-state index contributed by atoms with van der Waals surface area (Å²) >= 11 is 0. The highest BCUT2D eigenvalue weighted by atomic mass is 16.2. The van der Waals surface area contributed by atoms with Crippen molar-refractivity contribution < 1.29 is 9.28 Å². The van der Waals surface area contributed by atoms with Crippen molar-refractivity contribution in [1.82, 2.24) is 0 Å². The lowest BCUT2D eigenvalue weighted by atomic mass is 10.0. The van der Waals surface area contributed by atoms with Crippen LogP contribution in [0.3, 0.4) is 0 Å². The lowest BCUT2D eigenvalue weighted by Gasteiger charge is -2.24. The number of hydrogen-bond acceptors (Lipinski definition) is 1. The molecule has 0 bridgehead atoms. The molecule has 0 aromatic heterocycles. The maximum Gasteiger partial charge on any atom is 0.313 e. The van der Waals surface area contributed by atoms with Crippen molar-refractivity contribution in [3.63, 3.8) is 0 Å². The quantitative estimate of drug-likeness (QED) is 0.264. The van der Waals surface area contributed by atoms with Gasteiger partial charge in [-0.2, -0.15) is 0 Å². The first-order chi connectivity index (χ1) is 10.5. The smallest absolute Gasteiger partial charge is 0.266 e. The maximum absolute atomic E-state index is 12.0. The van der Waals surface area contributed by atoms with Gasteiger partial charge >= 0.3 is 5.91 Å². The Morgan fingerprint density at radius 3 is 1.36 bits per heavy atom. The summed E-state index contributed by atoms with van der Waals surface area (Å²) in [5.74, 6) is 0.394. The van der Waals surface area contributed by atoms with Crippen molar-refractivity contribution in [3.05, 3.63) is 0 Å². The van der Waals surface area contributed by atoms with E-state index >= 15 is 0 Å². The summed E-state index contributed by atoms with van der Waals surface area (Å²) in [7, 11) is 4.04. The van der Waals surface area contributed by atoms with Crippen LogP contribution in [0.1, 0.15) is 104 Å². The Bertz CT molecular complexity index is 260. The van der Waals surface area contributed by atoms with Crippen LogP contribution in [-0.2, 0) is 4.79 Å². The van der Waals surface area contributed by atoms with Gasteiger partial charge in [0.1, 0.15) is 0 Å². The molecule has 1 amide bonds. The minimum atomic E-state index is 0.394. The molecule has 0 aliphatic rings. The molecule has 0 saturated carbocycles. The van der Waals surface area contributed by atoms with Gasteiger partial charge in [0.25, 0.3) is 0 Å². The standard InChI is InChI=1S/C20H42NO/c1-5-7-8-9-10-11-12-13-14-15-16-17-18-19-20(22)21(3,4)6-2/h5-19H2,1-4H3/q+1. The van der Waals surface area contributed by atoms with E-state index in [1.165, 1.54) is 77.0 Å². The summed E-state index contributed by atoms with van der Waals surface area (Å²) in [4.78, 5) is 12.0. The predicted molar refractivity (Wildman–Crippen MR) is 98.0 cm³/mol. The molecule has 0 saturated heterocycles. The summed E-state index contributed by atoms with van der Waals surface area (Å²) in [6, 6.07) is 0. The number of amides is 1. The van der Waals surface area contributed by atoms with Crippen molar-refractivity contribution >= 4 is 5.91 Å². The van der Waals surface area contributed by atoms with Crippen LogP contribution < -0.4 is 0 Å². The van der Waals surface area contributed by atoms with Crippen LogP contribution in [0.25, 0.3) is 0 Å². The zero-order chi connectivity index (χ0) is 16.7. The Morgan fingerprint density at radius 2 is 1.00 bits per heavy atom. The lowest BCUT2D eigenvalue weighted by Crippen LogP contribution is -2.45. The molecule has 0 aromatic carbocycles. The summed E-state index contributed by atoms with van der Waals surface area (Å²) in [6.45, 7) is 5.26. The third kappa shape index (κ3) is 12.2. The second kappa shape index (κ2) is 14.2. The van der Waals surface area contributed by atoms with Crippen LogP contribution in [0.15, 0.2) is 0 Å². The van der Waals surface area contributed by atoms with E-state index in [9.17, 15) is 4.79 Å². The van der Waals surface area contributed by atoms with E-state index in [0.717, 1.165) is 19.4 Å². The van der Waals surface area contributed by atoms with Crippen LogP contribution in [0.2, 0.25) is 0 Å². The molecule has 0 rings (SSSR count). The van der Waals surface area contributed by atoms with Crippen molar-refractivity contribution in [2.24, 2.45) is 0 Å². The Kier molecular flexibility index (Phi) is 14.0. The normalized spacial score (nSPS) is 11.8. The second-order valence-corrected chi connectivity index (χ2v) is 7.39. The number of carbonyl (C=O) groups excluding carboxylic acids is 1. The maximum atomic E-state index is 12.0. The van der Waals surface area contributed by atoms with Crippen LogP contribution in [0.5, 0.6) is 0 Å². The molecule has 0 aliphatic carbocycles. The highest BCUT2D eigenvalue weighted by Crippen LogP contribution is 2.13. The molecule has 132 valence electrons. The number of quaternary nitrogens is 1. The SMILES string of the molecule is CCCCCCCCCCCCCCCC(=O)[N+](C)(C)CC. The Labute approximate surface area is 140 Å². The largest absolute Gasteiger partial charge is 0.313 e. The minimum absolute atomic E-state index is 0.394. The predicted octanol–water partition coefficient (Wildman–Crippen LogP) is 6.09. The monoisotopic (exact) mass is 312 g/mol. The van der Waals surface area contributed by atoms with Crippen LogP contribution in [0.4, 0.5) is 0 Å². The van der Waals surface area contributed by atoms with Gasteiger partial charge in [-0.25, -0.2) is 4.79 Å². The highest BCUT2D eigenvalue weighted by molar-refractivity contribution is 5.68. The van der Waals surface area contributed by atoms with Crippen molar-refractivity contribution in [3.8, 4) is 0 Å². The highest BCUT2D eigenvalue weighted by Gasteiger charge is 2.22. The van der Waals surface area contributed by atoms with E-state index in [0.29, 0.717) is 10.4 Å². The van der Waals surface area contributed by atoms with Gasteiger partial charge in [-0.1, -0.05) is 84.0 Å². The molecule has 0 aliphatic heterocycles. The zero-order valence-electron chi connectivity index (χ0n) is 16.0. The van der Waals surface area contributed by atoms with E-state index in [-0.39, 0.29) is 0 Å². The topological polar surface area (TPSA) is 17.1 Å². The molecule has 0 aromatic rings. The molecule has 0 unspecified atom stereocenters. The van der Waals surface area contributed by atoms with Crippen molar-refractivity contribution in [2.75, 3.05) is 20.6 Å². The zero-order valence-corrected chi connectivity index (χ0v) is 16.0. The van der Waals surface area contributed by atoms with Crippen LogP contribution in [-0.4, -0.2) is 31.0 Å². The molecular formula is C20H42NO+. The fraction of sp³-hybridized carbons (Fsp3) is 0.950. The molecule has 2 nitrogen and oxygen atoms in total. The van der Waals surface area contributed by atoms with Gasteiger partial charge < -0.3 is 0 Å². The molecule has 2 heteroatoms. The first kappa shape index (κ1) is 21.6. The molecule has 0 heterocycles. The van der Waals surface area contributed by atoms with Gasteiger partial charge in [0.05, 0.1) is 27.1 Å². The average Bonchev–Trinajstić information content (AvgIpc) is 2.51. The third-order valence-electron chi connectivity index (χ3n) is 4.96. The molecule has 0 spiro atoms. The molecule has 0 N–H and O–H groups in total. The Hall–Kier alpha value is -0.370. The van der Waals surface area contributed by atoms with Crippen molar-refractivity contribution in [1.29, 1.82) is 0 Å². The van der Waals surface area contributed by atoms with Gasteiger partial charge in [0.2, 0.25) is 0 Å². The van der Waals surface area contributed by atoms with E-state index < -0.39 is 0 Å². The number of rotatable bonds is 15. The first-order valence-corrected chi connectivity index (χ1v) is 9.91. The van der Waals surface area contributed by atoms with Gasteiger partial charge in [-0.3, -0.25) is 4.48 Å². The van der Waals surface area contributed by atoms with Gasteiger partial charge in [0.15, 0.2) is 0 Å². The molecule has 22 heavy (non-hydrogen) atoms. The van der Waals surface area contributed by atoms with Crippen LogP contribution >= 0.6 is 0 Å². The average molecular weight is 313 g/mol. The van der Waals surface area contributed by atoms with E-state index in [4.69, 9.17) is 0 Å². The molecule has 0 fully saturated rings. The van der Waals surface area contributed by atoms with Gasteiger partial charge in [0, 0.05) is 0 Å². The molecule has 0 atom stereocenters. The number of nitrogens with zero attached hydrogens (tertiary/aromatic N) is 1.